The molecule has 0 saturated carbocycles. The van der Waals surface area contributed by atoms with Crippen LogP contribution in [0.25, 0.3) is 0 Å². The molecule has 1 aromatic rings. The summed E-state index contributed by atoms with van der Waals surface area (Å²) in [7, 11) is 0. The monoisotopic (exact) mass is 496 g/mol. The van der Waals surface area contributed by atoms with Crippen molar-refractivity contribution in [3.8, 4) is 0 Å². The smallest absolute Gasteiger partial charge is 0.391 e. The number of alkyl halides is 3. The Morgan fingerprint density at radius 3 is 2.32 bits per heavy atom. The number of anilines is 1. The molecule has 0 bridgehead atoms. The summed E-state index contributed by atoms with van der Waals surface area (Å²) in [5, 5.41) is 4.11. The van der Waals surface area contributed by atoms with Crippen molar-refractivity contribution in [1.29, 1.82) is 0 Å². The van der Waals surface area contributed by atoms with Gasteiger partial charge in [0.1, 0.15) is 0 Å². The van der Waals surface area contributed by atoms with Gasteiger partial charge in [0, 0.05) is 42.3 Å². The summed E-state index contributed by atoms with van der Waals surface area (Å²) in [5.41, 5.74) is 6.57. The van der Waals surface area contributed by atoms with E-state index >= 15 is 0 Å². The summed E-state index contributed by atoms with van der Waals surface area (Å²) >= 11 is 0. The van der Waals surface area contributed by atoms with Crippen LogP contribution < -0.4 is 27.6 Å². The molecule has 1 fully saturated rings. The molecular weight excluding hydrogens is 474 g/mol. The maximum absolute atomic E-state index is 13.4. The number of hydrazine groups is 1. The van der Waals surface area contributed by atoms with E-state index in [0.29, 0.717) is 12.1 Å². The Bertz CT molecular complexity index is 963. The lowest BCUT2D eigenvalue weighted by Crippen LogP contribution is -2.51. The number of halogens is 6. The van der Waals surface area contributed by atoms with Gasteiger partial charge in [0.15, 0.2) is 17.5 Å². The fourth-order valence-corrected chi connectivity index (χ4v) is 3.47. The first-order chi connectivity index (χ1) is 15.7. The zero-order valence-corrected chi connectivity index (χ0v) is 17.7. The average Bonchev–Trinajstić information content (AvgIpc) is 3.11. The van der Waals surface area contributed by atoms with Crippen molar-refractivity contribution >= 4 is 23.4 Å². The van der Waals surface area contributed by atoms with Gasteiger partial charge in [-0.15, -0.1) is 0 Å². The van der Waals surface area contributed by atoms with E-state index in [9.17, 15) is 40.7 Å². The van der Waals surface area contributed by atoms with E-state index in [1.54, 1.807) is 0 Å². The van der Waals surface area contributed by atoms with Crippen LogP contribution in [0, 0.1) is 23.4 Å². The van der Waals surface area contributed by atoms with Crippen LogP contribution in [0.1, 0.15) is 19.8 Å². The van der Waals surface area contributed by atoms with E-state index in [1.807, 2.05) is 10.7 Å². The number of hydrogen-bond acceptors (Lipinski definition) is 6. The molecule has 0 radical (unpaired) electrons. The summed E-state index contributed by atoms with van der Waals surface area (Å²) < 4.78 is 78.2. The lowest BCUT2D eigenvalue weighted by atomic mass is 10.0. The summed E-state index contributed by atoms with van der Waals surface area (Å²) in [5.74, 6) is -4.04. The first-order valence-electron chi connectivity index (χ1n) is 9.80. The van der Waals surface area contributed by atoms with E-state index in [4.69, 9.17) is 11.6 Å². The molecular formula is C19H22F6N6O3. The molecule has 0 aliphatic carbocycles. The highest BCUT2D eigenvalue weighted by atomic mass is 19.4. The van der Waals surface area contributed by atoms with E-state index in [-0.39, 0.29) is 18.7 Å². The highest BCUT2D eigenvalue weighted by Crippen LogP contribution is 2.27. The number of carbonyl (C=O) groups excluding carboxylic acids is 3. The molecule has 7 N–H and O–H groups in total. The fourth-order valence-electron chi connectivity index (χ4n) is 3.47. The quantitative estimate of drug-likeness (QED) is 0.131. The van der Waals surface area contributed by atoms with Crippen molar-refractivity contribution in [2.75, 3.05) is 11.9 Å². The normalized spacial score (nSPS) is 19.5. The van der Waals surface area contributed by atoms with Crippen LogP contribution >= 0.6 is 0 Å². The Labute approximate surface area is 189 Å². The zero-order chi connectivity index (χ0) is 25.8. The average molecular weight is 496 g/mol. The number of benzene rings is 1. The van der Waals surface area contributed by atoms with Crippen molar-refractivity contribution in [1.82, 2.24) is 15.6 Å². The molecule has 0 spiro atoms. The minimum atomic E-state index is -4.72. The Morgan fingerprint density at radius 2 is 1.79 bits per heavy atom. The fraction of sp³-hybridized carbons (Fsp3) is 0.421. The minimum absolute atomic E-state index is 0.0449. The molecule has 1 heterocycles. The summed E-state index contributed by atoms with van der Waals surface area (Å²) in [6.07, 6.45) is -5.43. The van der Waals surface area contributed by atoms with Crippen LogP contribution in [-0.4, -0.2) is 47.4 Å². The number of nitrogens with two attached hydrogens (primary N) is 2. The second kappa shape index (κ2) is 10.6. The Morgan fingerprint density at radius 1 is 1.21 bits per heavy atom. The third kappa shape index (κ3) is 6.52. The molecule has 188 valence electrons. The Hall–Kier alpha value is -3.49. The molecule has 1 aliphatic rings. The number of carbonyl (C=O) groups is 3. The van der Waals surface area contributed by atoms with Crippen LogP contribution in [0.4, 0.5) is 32.0 Å². The van der Waals surface area contributed by atoms with Crippen LogP contribution in [0.5, 0.6) is 0 Å². The number of amides is 3. The van der Waals surface area contributed by atoms with Gasteiger partial charge in [-0.05, 0) is 13.3 Å². The summed E-state index contributed by atoms with van der Waals surface area (Å²) in [6, 6.07) is -1.54. The van der Waals surface area contributed by atoms with Crippen LogP contribution in [0.15, 0.2) is 24.0 Å². The largest absolute Gasteiger partial charge is 0.399 e. The number of likely N-dealkylation sites (tertiary alicyclic amines) is 1. The van der Waals surface area contributed by atoms with Gasteiger partial charge in [-0.3, -0.25) is 20.2 Å². The molecule has 2 rings (SSSR count). The predicted octanol–water partition coefficient (Wildman–Crippen LogP) is 0.980. The molecule has 3 amide bonds. The molecule has 0 aromatic heterocycles. The lowest BCUT2D eigenvalue weighted by Gasteiger charge is -2.26. The van der Waals surface area contributed by atoms with Crippen molar-refractivity contribution in [3.05, 3.63) is 41.5 Å². The number of rotatable bonds is 6. The second-order valence-corrected chi connectivity index (χ2v) is 7.53. The third-order valence-electron chi connectivity index (χ3n) is 5.19. The molecule has 1 saturated heterocycles. The van der Waals surface area contributed by atoms with Crippen molar-refractivity contribution < 1.29 is 40.7 Å². The number of hydrogen-bond donors (Lipinski definition) is 5. The standard InChI is InChI=1S/C19H22F6N6O3/c1-8-10(16(32)29-9-4-11(20)15(22)12(21)5-9)2-3-31(8)18(34)17(33)30-14(6-19(23,24)25)13(26)7-28-27/h4-5,7-8,10,14,28H,2-3,6,26-27H2,1H3,(H,29,32)(H,30,33)/b13-7-. The highest BCUT2D eigenvalue weighted by molar-refractivity contribution is 6.35. The van der Waals surface area contributed by atoms with E-state index < -0.39 is 71.5 Å². The van der Waals surface area contributed by atoms with Crippen molar-refractivity contribution in [2.45, 2.75) is 38.0 Å². The highest BCUT2D eigenvalue weighted by Gasteiger charge is 2.41. The van der Waals surface area contributed by atoms with Crippen LogP contribution in [0.3, 0.4) is 0 Å². The predicted molar refractivity (Wildman–Crippen MR) is 106 cm³/mol. The maximum atomic E-state index is 13.4. The topological polar surface area (TPSA) is 143 Å². The molecule has 3 atom stereocenters. The maximum Gasteiger partial charge on any atom is 0.391 e. The van der Waals surface area contributed by atoms with E-state index in [2.05, 4.69) is 5.32 Å². The Kier molecular flexibility index (Phi) is 8.36. The van der Waals surface area contributed by atoms with Gasteiger partial charge in [-0.1, -0.05) is 0 Å². The SMILES string of the molecule is CC1C(C(=O)Nc2cc(F)c(F)c(F)c2)CCN1C(=O)C(=O)NC(CC(F)(F)F)/C(N)=C/NN. The van der Waals surface area contributed by atoms with Gasteiger partial charge in [-0.2, -0.15) is 13.2 Å². The van der Waals surface area contributed by atoms with E-state index in [0.717, 1.165) is 11.1 Å². The molecule has 3 unspecified atom stereocenters. The molecule has 1 aromatic carbocycles. The molecule has 15 heteroatoms. The van der Waals surface area contributed by atoms with Gasteiger partial charge in [0.2, 0.25) is 5.91 Å². The van der Waals surface area contributed by atoms with Gasteiger partial charge in [0.05, 0.1) is 18.4 Å². The number of nitrogens with zero attached hydrogens (tertiary/aromatic N) is 1. The number of nitrogens with one attached hydrogen (secondary N) is 3. The zero-order valence-electron chi connectivity index (χ0n) is 17.7. The van der Waals surface area contributed by atoms with E-state index in [1.165, 1.54) is 6.92 Å². The minimum Gasteiger partial charge on any atom is -0.399 e. The molecule has 1 aliphatic heterocycles. The van der Waals surface area contributed by atoms with Gasteiger partial charge >= 0.3 is 18.0 Å². The van der Waals surface area contributed by atoms with Crippen LogP contribution in [0.2, 0.25) is 0 Å². The van der Waals surface area contributed by atoms with Crippen molar-refractivity contribution in [2.24, 2.45) is 17.5 Å². The first-order valence-corrected chi connectivity index (χ1v) is 9.80. The third-order valence-corrected chi connectivity index (χ3v) is 5.19. The van der Waals surface area contributed by atoms with Gasteiger partial charge in [-0.25, -0.2) is 13.2 Å². The summed E-state index contributed by atoms with van der Waals surface area (Å²) in [6.45, 7) is 1.31. The lowest BCUT2D eigenvalue weighted by molar-refractivity contribution is -0.150. The molecule has 34 heavy (non-hydrogen) atoms. The van der Waals surface area contributed by atoms with Gasteiger partial charge in [0.25, 0.3) is 0 Å². The van der Waals surface area contributed by atoms with Crippen molar-refractivity contribution in [3.63, 3.8) is 0 Å². The second-order valence-electron chi connectivity index (χ2n) is 7.53. The van der Waals surface area contributed by atoms with Crippen LogP contribution in [-0.2, 0) is 14.4 Å². The molecule has 9 nitrogen and oxygen atoms in total. The first kappa shape index (κ1) is 26.8. The van der Waals surface area contributed by atoms with Gasteiger partial charge < -0.3 is 26.7 Å². The summed E-state index contributed by atoms with van der Waals surface area (Å²) in [4.78, 5) is 38.4. The Balaban J connectivity index is 2.07.